The minimum absolute atomic E-state index is 0. The van der Waals surface area contributed by atoms with Gasteiger partial charge in [0.15, 0.2) is 6.10 Å². The number of hydrogen-bond donors (Lipinski definition) is 5. The van der Waals surface area contributed by atoms with E-state index in [-0.39, 0.29) is 72.0 Å². The molecule has 3 atom stereocenters. The Labute approximate surface area is 180 Å². The Morgan fingerprint density at radius 2 is 1.83 bits per heavy atom. The van der Waals surface area contributed by atoms with Crippen LogP contribution in [0.3, 0.4) is 0 Å². The minimum Gasteiger partial charge on any atom is -0.865 e. The van der Waals surface area contributed by atoms with Crippen LogP contribution in [0.2, 0.25) is 0 Å². The first-order valence-corrected chi connectivity index (χ1v) is 5.90. The van der Waals surface area contributed by atoms with Gasteiger partial charge in [-0.1, -0.05) is 0 Å². The van der Waals surface area contributed by atoms with Gasteiger partial charge in [0.25, 0.3) is 0 Å². The van der Waals surface area contributed by atoms with Crippen LogP contribution in [0.5, 0.6) is 0 Å². The molecule has 0 fully saturated rings. The van der Waals surface area contributed by atoms with Gasteiger partial charge in [-0.2, -0.15) is 0 Å². The molecule has 0 spiro atoms. The number of hydrogen-bond acceptors (Lipinski definition) is 10. The number of carbonyl (C=O) groups is 3. The second-order valence-corrected chi connectivity index (χ2v) is 4.15. The summed E-state index contributed by atoms with van der Waals surface area (Å²) in [5, 5.41) is 54.7. The first-order chi connectivity index (χ1) is 10.1. The molecule has 0 unspecified atom stereocenters. The van der Waals surface area contributed by atoms with Crippen molar-refractivity contribution in [3.8, 4) is 0 Å². The molecule has 0 saturated heterocycles. The summed E-state index contributed by atoms with van der Waals surface area (Å²) in [6, 6.07) is -1.17. The number of cyclic esters (lactones) is 1. The predicted octanol–water partition coefficient (Wildman–Crippen LogP) is -10.7. The number of nitrogens with two attached hydrogens (primary N) is 1. The summed E-state index contributed by atoms with van der Waals surface area (Å²) in [4.78, 5) is 30.2. The van der Waals surface area contributed by atoms with Crippen molar-refractivity contribution in [2.45, 2.75) is 31.1 Å². The Bertz CT molecular complexity index is 470. The van der Waals surface area contributed by atoms with Crippen molar-refractivity contribution in [3.05, 3.63) is 11.5 Å². The van der Waals surface area contributed by atoms with E-state index in [1.54, 1.807) is 0 Å². The van der Waals surface area contributed by atoms with Gasteiger partial charge in [0.05, 0.1) is 12.6 Å². The molecule has 0 saturated carbocycles. The quantitative estimate of drug-likeness (QED) is 0.219. The number of rotatable bonds is 6. The number of aliphatic hydroxyl groups excluding tert-OH is 3. The van der Waals surface area contributed by atoms with E-state index in [1.165, 1.54) is 0 Å². The average molecular weight is 367 g/mol. The van der Waals surface area contributed by atoms with Crippen molar-refractivity contribution < 1.29 is 109 Å². The van der Waals surface area contributed by atoms with Crippen molar-refractivity contribution in [2.75, 3.05) is 6.61 Å². The van der Waals surface area contributed by atoms with E-state index in [0.717, 1.165) is 0 Å². The number of carboxylic acids is 2. The van der Waals surface area contributed by atoms with Gasteiger partial charge in [-0.25, -0.2) is 4.79 Å². The molecule has 0 aliphatic carbocycles. The maximum atomic E-state index is 10.6. The van der Waals surface area contributed by atoms with Gasteiger partial charge in [-0.15, -0.1) is 0 Å². The summed E-state index contributed by atoms with van der Waals surface area (Å²) in [5.41, 5.74) is 4.94. The number of esters is 1. The van der Waals surface area contributed by atoms with Gasteiger partial charge in [-0.05, 0) is 6.42 Å². The largest absolute Gasteiger partial charge is 1.00 e. The smallest absolute Gasteiger partial charge is 0.865 e. The molecule has 0 aromatic rings. The third kappa shape index (κ3) is 9.81. The van der Waals surface area contributed by atoms with Crippen LogP contribution in [-0.4, -0.2) is 63.2 Å². The van der Waals surface area contributed by atoms with Crippen LogP contribution in [0, 0.1) is 0 Å². The van der Waals surface area contributed by atoms with Gasteiger partial charge in [-0.3, -0.25) is 4.79 Å². The minimum atomic E-state index is -1.46. The summed E-state index contributed by atoms with van der Waals surface area (Å²) in [7, 11) is 0. The molecule has 0 radical (unpaired) electrons. The van der Waals surface area contributed by atoms with E-state index < -0.39 is 54.3 Å². The number of carboxylic acid groups (broad SMARTS) is 2. The van der Waals surface area contributed by atoms with E-state index >= 15 is 0 Å². The summed E-state index contributed by atoms with van der Waals surface area (Å²) in [6.07, 6.45) is -3.21. The van der Waals surface area contributed by atoms with Gasteiger partial charge in [0.2, 0.25) is 0 Å². The van der Waals surface area contributed by atoms with Crippen LogP contribution in [0.4, 0.5) is 0 Å². The third-order valence-corrected chi connectivity index (χ3v) is 2.43. The van der Waals surface area contributed by atoms with Crippen molar-refractivity contribution in [2.24, 2.45) is 5.73 Å². The zero-order chi connectivity index (χ0) is 17.4. The fourth-order valence-electron chi connectivity index (χ4n) is 1.21. The Balaban J connectivity index is -0.000000345. The molecular formula is C11H15NNa2O10. The molecule has 1 rings (SSSR count). The maximum absolute atomic E-state index is 10.6. The van der Waals surface area contributed by atoms with E-state index in [4.69, 9.17) is 26.2 Å². The molecule has 0 aromatic carbocycles. The maximum Gasteiger partial charge on any atom is 1.00 e. The number of aliphatic hydroxyl groups is 3. The molecule has 13 heteroatoms. The van der Waals surface area contributed by atoms with Crippen molar-refractivity contribution in [1.82, 2.24) is 0 Å². The summed E-state index contributed by atoms with van der Waals surface area (Å²) in [6.45, 7) is -0.699. The fraction of sp³-hybridized carbons (Fsp3) is 0.545. The summed E-state index contributed by atoms with van der Waals surface area (Å²) < 4.78 is 4.25. The Hall–Kier alpha value is -0.370. The van der Waals surface area contributed by atoms with Crippen LogP contribution in [0.25, 0.3) is 0 Å². The molecule has 1 aliphatic rings. The molecule has 1 aliphatic heterocycles. The SMILES string of the molecule is N[C@@H](CCC(=O)O)C(=O)[O-].O=C1O[C@H]([C@@H](O)CO)C(O)=C1[O-].[Na+].[Na+]. The van der Waals surface area contributed by atoms with Gasteiger partial charge < -0.3 is 45.9 Å². The van der Waals surface area contributed by atoms with Crippen LogP contribution in [0.15, 0.2) is 11.5 Å². The number of ether oxygens (including phenoxy) is 1. The molecule has 126 valence electrons. The molecule has 0 aromatic heterocycles. The van der Waals surface area contributed by atoms with E-state index in [9.17, 15) is 24.6 Å². The van der Waals surface area contributed by atoms with Gasteiger partial charge in [0.1, 0.15) is 11.9 Å². The summed E-state index contributed by atoms with van der Waals surface area (Å²) >= 11 is 0. The van der Waals surface area contributed by atoms with Crippen molar-refractivity contribution in [3.63, 3.8) is 0 Å². The zero-order valence-electron chi connectivity index (χ0n) is 13.2. The molecule has 6 N–H and O–H groups in total. The number of aliphatic carboxylic acids is 2. The Kier molecular flexibility index (Phi) is 16.4. The Morgan fingerprint density at radius 3 is 2.12 bits per heavy atom. The van der Waals surface area contributed by atoms with E-state index in [0.29, 0.717) is 0 Å². The molecule has 0 bridgehead atoms. The zero-order valence-corrected chi connectivity index (χ0v) is 17.2. The first-order valence-electron chi connectivity index (χ1n) is 5.90. The second kappa shape index (κ2) is 13.9. The fourth-order valence-corrected chi connectivity index (χ4v) is 1.21. The van der Waals surface area contributed by atoms with Crippen LogP contribution < -0.4 is 75.1 Å². The third-order valence-electron chi connectivity index (χ3n) is 2.43. The molecule has 24 heavy (non-hydrogen) atoms. The number of carbonyl (C=O) groups excluding carboxylic acids is 2. The Morgan fingerprint density at radius 1 is 1.33 bits per heavy atom. The van der Waals surface area contributed by atoms with Crippen molar-refractivity contribution in [1.29, 1.82) is 0 Å². The van der Waals surface area contributed by atoms with E-state index in [2.05, 4.69) is 4.74 Å². The van der Waals surface area contributed by atoms with Crippen LogP contribution >= 0.6 is 0 Å². The normalized spacial score (nSPS) is 18.1. The second-order valence-electron chi connectivity index (χ2n) is 4.15. The topological polar surface area (TPSA) is 213 Å². The van der Waals surface area contributed by atoms with Crippen LogP contribution in [-0.2, 0) is 19.1 Å². The molecule has 1 heterocycles. The predicted molar refractivity (Wildman–Crippen MR) is 62.5 cm³/mol. The summed E-state index contributed by atoms with van der Waals surface area (Å²) in [5.74, 6) is -5.72. The van der Waals surface area contributed by atoms with E-state index in [1.807, 2.05) is 0 Å². The molecular weight excluding hydrogens is 352 g/mol. The monoisotopic (exact) mass is 367 g/mol. The van der Waals surface area contributed by atoms with Gasteiger partial charge in [0, 0.05) is 18.2 Å². The molecule has 11 nitrogen and oxygen atoms in total. The first kappa shape index (κ1) is 28.4. The molecule has 0 amide bonds. The van der Waals surface area contributed by atoms with Gasteiger partial charge >= 0.3 is 71.1 Å². The standard InChI is InChI=1S/C6H8O6.C5H9NO4.2Na/c7-1-2(8)5-3(9)4(10)6(11)12-5;6-3(5(9)10)1-2-4(7)8;;/h2,5,7-10H,1H2;3H,1-2,6H2,(H,7,8)(H,9,10);;/q;;2*+1/p-2/t2-,5+;3-;;/m00../s1. The van der Waals surface area contributed by atoms with Crippen molar-refractivity contribution >= 4 is 17.9 Å². The average Bonchev–Trinajstić information content (AvgIpc) is 2.72. The van der Waals surface area contributed by atoms with Crippen LogP contribution in [0.1, 0.15) is 12.8 Å².